The maximum absolute atomic E-state index is 13.0. The van der Waals surface area contributed by atoms with Crippen molar-refractivity contribution in [2.75, 3.05) is 23.4 Å². The highest BCUT2D eigenvalue weighted by Crippen LogP contribution is 2.39. The maximum atomic E-state index is 13.0. The fourth-order valence-corrected chi connectivity index (χ4v) is 7.13. The van der Waals surface area contributed by atoms with E-state index >= 15 is 0 Å². The molecule has 0 radical (unpaired) electrons. The summed E-state index contributed by atoms with van der Waals surface area (Å²) in [5.74, 6) is 0.0583. The van der Waals surface area contributed by atoms with Crippen LogP contribution in [0.4, 0.5) is 10.8 Å². The number of nitrogens with one attached hydrogen (secondary N) is 1. The van der Waals surface area contributed by atoms with E-state index < -0.39 is 5.97 Å². The third kappa shape index (κ3) is 6.73. The van der Waals surface area contributed by atoms with E-state index in [2.05, 4.69) is 36.3 Å². The number of benzene rings is 1. The Morgan fingerprint density at radius 3 is 2.49 bits per heavy atom. The maximum Gasteiger partial charge on any atom is 0.341 e. The average Bonchev–Trinajstić information content (AvgIpc) is 3.12. The van der Waals surface area contributed by atoms with Gasteiger partial charge in [-0.3, -0.25) is 4.79 Å². The van der Waals surface area contributed by atoms with Gasteiger partial charge in [-0.15, -0.1) is 23.1 Å². The summed E-state index contributed by atoms with van der Waals surface area (Å²) in [4.78, 5) is 31.3. The Bertz CT molecular complexity index is 1530. The molecule has 1 aliphatic carbocycles. The van der Waals surface area contributed by atoms with Crippen LogP contribution < -0.4 is 11.1 Å². The number of thiophene rings is 1. The predicted octanol–water partition coefficient (Wildman–Crippen LogP) is 6.83. The first-order chi connectivity index (χ1) is 19.8. The molecule has 0 unspecified atom stereocenters. The number of esters is 1. The van der Waals surface area contributed by atoms with Gasteiger partial charge in [0.2, 0.25) is 5.91 Å². The second-order valence-electron chi connectivity index (χ2n) is 10.1. The molecule has 0 saturated carbocycles. The van der Waals surface area contributed by atoms with Gasteiger partial charge in [0.05, 0.1) is 17.7 Å². The lowest BCUT2D eigenvalue weighted by atomic mass is 9.94. The number of amides is 1. The van der Waals surface area contributed by atoms with Gasteiger partial charge in [-0.05, 0) is 55.2 Å². The van der Waals surface area contributed by atoms with Crippen molar-refractivity contribution in [2.45, 2.75) is 70.2 Å². The van der Waals surface area contributed by atoms with E-state index in [-0.39, 0.29) is 35.9 Å². The quantitative estimate of drug-likeness (QED) is 0.158. The van der Waals surface area contributed by atoms with Crippen molar-refractivity contribution in [3.8, 4) is 23.3 Å². The standard InChI is InChI=1S/C31H33N5O3S2/c1-4-39-31(38)27-21-8-6-5-7-9-24(21)41-30(27)35-25(37)14-15-40-29-23(17-33)26(22(16-32)28(34)36-29)20-12-10-19(11-13-20)18(2)3/h10-13,18H,4-9,14-15H2,1-3H3,(H2,34,36)(H,35,37). The lowest BCUT2D eigenvalue weighted by molar-refractivity contribution is -0.115. The van der Waals surface area contributed by atoms with Crippen molar-refractivity contribution in [1.29, 1.82) is 10.5 Å². The summed E-state index contributed by atoms with van der Waals surface area (Å²) in [5.41, 5.74) is 10.3. The monoisotopic (exact) mass is 587 g/mol. The predicted molar refractivity (Wildman–Crippen MR) is 163 cm³/mol. The van der Waals surface area contributed by atoms with Gasteiger partial charge in [0.25, 0.3) is 0 Å². The highest BCUT2D eigenvalue weighted by atomic mass is 32.2. The van der Waals surface area contributed by atoms with Gasteiger partial charge in [0, 0.05) is 22.6 Å². The Labute approximate surface area is 248 Å². The molecule has 1 aliphatic rings. The number of thioether (sulfide) groups is 1. The molecule has 0 saturated heterocycles. The summed E-state index contributed by atoms with van der Waals surface area (Å²) < 4.78 is 5.31. The minimum absolute atomic E-state index is 0.0422. The van der Waals surface area contributed by atoms with Gasteiger partial charge in [-0.1, -0.05) is 44.5 Å². The van der Waals surface area contributed by atoms with Gasteiger partial charge < -0.3 is 15.8 Å². The van der Waals surface area contributed by atoms with Gasteiger partial charge in [0.1, 0.15) is 33.5 Å². The number of nitrogen functional groups attached to an aromatic ring is 1. The molecule has 3 N–H and O–H groups in total. The number of fused-ring (bicyclic) bond motifs is 1. The molecule has 0 fully saturated rings. The zero-order chi connectivity index (χ0) is 29.5. The van der Waals surface area contributed by atoms with Crippen molar-refractivity contribution in [2.24, 2.45) is 0 Å². The Kier molecular flexibility index (Phi) is 10.0. The largest absolute Gasteiger partial charge is 0.462 e. The van der Waals surface area contributed by atoms with Crippen molar-refractivity contribution < 1.29 is 14.3 Å². The van der Waals surface area contributed by atoms with Crippen LogP contribution in [0.15, 0.2) is 29.3 Å². The van der Waals surface area contributed by atoms with Crippen LogP contribution in [0.1, 0.15) is 89.9 Å². The van der Waals surface area contributed by atoms with Crippen LogP contribution in [0.5, 0.6) is 0 Å². The number of hydrogen-bond acceptors (Lipinski definition) is 9. The average molecular weight is 588 g/mol. The third-order valence-electron chi connectivity index (χ3n) is 7.00. The number of carbonyl (C=O) groups excluding carboxylic acids is 2. The molecular formula is C31H33N5O3S2. The number of anilines is 2. The van der Waals surface area contributed by atoms with Crippen molar-refractivity contribution in [1.82, 2.24) is 4.98 Å². The SMILES string of the molecule is CCOC(=O)c1c(NC(=O)CCSc2nc(N)c(C#N)c(-c3ccc(C(C)C)cc3)c2C#N)sc2c1CCCCC2. The van der Waals surface area contributed by atoms with E-state index in [1.54, 1.807) is 6.92 Å². The topological polar surface area (TPSA) is 142 Å². The number of carbonyl (C=O) groups is 2. The van der Waals surface area contributed by atoms with Crippen LogP contribution >= 0.6 is 23.1 Å². The van der Waals surface area contributed by atoms with Crippen LogP contribution in [-0.4, -0.2) is 29.2 Å². The van der Waals surface area contributed by atoms with Crippen LogP contribution in [-0.2, 0) is 22.4 Å². The lowest BCUT2D eigenvalue weighted by Gasteiger charge is -2.14. The van der Waals surface area contributed by atoms with E-state index in [9.17, 15) is 20.1 Å². The van der Waals surface area contributed by atoms with E-state index in [1.807, 2.05) is 24.3 Å². The fraction of sp³-hybridized carbons (Fsp3) is 0.387. The number of nitrogens with two attached hydrogens (primary N) is 1. The molecule has 1 amide bonds. The molecule has 2 heterocycles. The molecule has 4 rings (SSSR count). The Morgan fingerprint density at radius 2 is 1.83 bits per heavy atom. The molecule has 1 aromatic carbocycles. The molecule has 10 heteroatoms. The molecule has 41 heavy (non-hydrogen) atoms. The van der Waals surface area contributed by atoms with Crippen LogP contribution in [0.2, 0.25) is 0 Å². The molecule has 0 atom stereocenters. The minimum atomic E-state index is -0.401. The third-order valence-corrected chi connectivity index (χ3v) is 9.19. The van der Waals surface area contributed by atoms with E-state index in [4.69, 9.17) is 10.5 Å². The first kappa shape index (κ1) is 30.1. The molecule has 3 aromatic rings. The molecule has 0 spiro atoms. The summed E-state index contributed by atoms with van der Waals surface area (Å²) in [6.07, 6.45) is 5.00. The number of hydrogen-bond donors (Lipinski definition) is 2. The molecule has 2 aromatic heterocycles. The number of nitrogens with zero attached hydrogens (tertiary/aromatic N) is 3. The second kappa shape index (κ2) is 13.7. The highest BCUT2D eigenvalue weighted by molar-refractivity contribution is 7.99. The Morgan fingerprint density at radius 1 is 1.12 bits per heavy atom. The summed E-state index contributed by atoms with van der Waals surface area (Å²) >= 11 is 2.70. The van der Waals surface area contributed by atoms with Crippen LogP contribution in [0.25, 0.3) is 11.1 Å². The highest BCUT2D eigenvalue weighted by Gasteiger charge is 2.27. The number of nitriles is 2. The summed E-state index contributed by atoms with van der Waals surface area (Å²) in [5, 5.41) is 23.7. The normalized spacial score (nSPS) is 12.6. The van der Waals surface area contributed by atoms with Gasteiger partial charge in [-0.2, -0.15) is 10.5 Å². The minimum Gasteiger partial charge on any atom is -0.462 e. The van der Waals surface area contributed by atoms with Gasteiger partial charge >= 0.3 is 5.97 Å². The summed E-state index contributed by atoms with van der Waals surface area (Å²) in [7, 11) is 0. The van der Waals surface area contributed by atoms with E-state index in [0.29, 0.717) is 38.4 Å². The lowest BCUT2D eigenvalue weighted by Crippen LogP contribution is -2.15. The second-order valence-corrected chi connectivity index (χ2v) is 12.3. The summed E-state index contributed by atoms with van der Waals surface area (Å²) in [6, 6.07) is 12.0. The van der Waals surface area contributed by atoms with Crippen LogP contribution in [0, 0.1) is 22.7 Å². The van der Waals surface area contributed by atoms with E-state index in [0.717, 1.165) is 48.1 Å². The van der Waals surface area contributed by atoms with Gasteiger partial charge in [-0.25, -0.2) is 9.78 Å². The first-order valence-corrected chi connectivity index (χ1v) is 15.6. The zero-order valence-electron chi connectivity index (χ0n) is 23.5. The smallest absolute Gasteiger partial charge is 0.341 e. The molecule has 8 nitrogen and oxygen atoms in total. The Hall–Kier alpha value is -3.86. The Balaban J connectivity index is 1.53. The van der Waals surface area contributed by atoms with E-state index in [1.165, 1.54) is 23.1 Å². The van der Waals surface area contributed by atoms with Crippen molar-refractivity contribution in [3.63, 3.8) is 0 Å². The number of rotatable bonds is 9. The number of aryl methyl sites for hydroxylation is 1. The number of pyridine rings is 1. The van der Waals surface area contributed by atoms with Gasteiger partial charge in [0.15, 0.2) is 0 Å². The zero-order valence-corrected chi connectivity index (χ0v) is 25.1. The first-order valence-electron chi connectivity index (χ1n) is 13.8. The number of ether oxygens (including phenoxy) is 1. The van der Waals surface area contributed by atoms with Crippen molar-refractivity contribution >= 4 is 45.8 Å². The number of aromatic nitrogens is 1. The summed E-state index contributed by atoms with van der Waals surface area (Å²) in [6.45, 7) is 6.22. The van der Waals surface area contributed by atoms with Crippen LogP contribution in [0.3, 0.4) is 0 Å². The fourth-order valence-electron chi connectivity index (χ4n) is 4.91. The molecule has 0 bridgehead atoms. The molecular weight excluding hydrogens is 555 g/mol. The molecule has 212 valence electrons. The van der Waals surface area contributed by atoms with Crippen molar-refractivity contribution in [3.05, 3.63) is 57.0 Å². The molecule has 0 aliphatic heterocycles.